The minimum Gasteiger partial charge on any atom is -0.369 e. The molecule has 3 aromatic rings. The van der Waals surface area contributed by atoms with Crippen LogP contribution < -0.4 is 5.32 Å². The maximum absolute atomic E-state index is 4.48. The van der Waals surface area contributed by atoms with E-state index in [4.69, 9.17) is 0 Å². The molecule has 1 atom stereocenters. The van der Waals surface area contributed by atoms with E-state index < -0.39 is 0 Å². The van der Waals surface area contributed by atoms with E-state index >= 15 is 0 Å². The Bertz CT molecular complexity index is 788. The summed E-state index contributed by atoms with van der Waals surface area (Å²) >= 11 is 0. The van der Waals surface area contributed by atoms with E-state index in [9.17, 15) is 0 Å². The highest BCUT2D eigenvalue weighted by atomic mass is 15.3. The Balaban J connectivity index is 1.83. The average Bonchev–Trinajstić information content (AvgIpc) is 2.98. The number of pyridine rings is 1. The van der Waals surface area contributed by atoms with Gasteiger partial charge in [-0.1, -0.05) is 6.92 Å². The lowest BCUT2D eigenvalue weighted by Crippen LogP contribution is -2.23. The molecule has 0 spiro atoms. The van der Waals surface area contributed by atoms with Crippen LogP contribution in [-0.2, 0) is 5.54 Å². The minimum absolute atomic E-state index is 0.113. The molecule has 3 aromatic heterocycles. The van der Waals surface area contributed by atoms with Crippen LogP contribution in [-0.4, -0.2) is 31.3 Å². The van der Waals surface area contributed by atoms with Gasteiger partial charge in [0.2, 0.25) is 0 Å². The molecule has 0 aliphatic rings. The van der Waals surface area contributed by atoms with Crippen LogP contribution in [0.15, 0.2) is 37.1 Å². The van der Waals surface area contributed by atoms with Gasteiger partial charge in [0.25, 0.3) is 0 Å². The second-order valence-corrected chi connectivity index (χ2v) is 6.75. The summed E-state index contributed by atoms with van der Waals surface area (Å²) < 4.78 is 1.93. The standard InChI is InChI=1S/C17H22N6/c1-12(13-5-7-18-8-6-13)9-19-15-14-10-22-23(17(2,3)4)16(14)21-11-20-15/h5-8,10-12H,9H2,1-4H3,(H,19,20,21). The lowest BCUT2D eigenvalue weighted by molar-refractivity contribution is 0.366. The van der Waals surface area contributed by atoms with Gasteiger partial charge in [-0.2, -0.15) is 5.10 Å². The van der Waals surface area contributed by atoms with Gasteiger partial charge in [-0.3, -0.25) is 4.98 Å². The molecular formula is C17H22N6. The molecule has 1 unspecified atom stereocenters. The number of nitrogens with zero attached hydrogens (tertiary/aromatic N) is 5. The van der Waals surface area contributed by atoms with Crippen LogP contribution in [0.1, 0.15) is 39.2 Å². The summed E-state index contributed by atoms with van der Waals surface area (Å²) in [7, 11) is 0. The molecule has 0 bridgehead atoms. The number of anilines is 1. The van der Waals surface area contributed by atoms with Crippen molar-refractivity contribution in [3.63, 3.8) is 0 Å². The molecule has 1 N–H and O–H groups in total. The molecule has 3 rings (SSSR count). The highest BCUT2D eigenvalue weighted by Crippen LogP contribution is 2.24. The average molecular weight is 310 g/mol. The van der Waals surface area contributed by atoms with E-state index in [1.54, 1.807) is 6.33 Å². The number of fused-ring (bicyclic) bond motifs is 1. The van der Waals surface area contributed by atoms with E-state index in [1.807, 2.05) is 35.4 Å². The third-order valence-corrected chi connectivity index (χ3v) is 3.85. The van der Waals surface area contributed by atoms with Crippen molar-refractivity contribution in [3.05, 3.63) is 42.6 Å². The van der Waals surface area contributed by atoms with Crippen LogP contribution >= 0.6 is 0 Å². The fourth-order valence-corrected chi connectivity index (χ4v) is 2.54. The molecule has 0 aliphatic heterocycles. The summed E-state index contributed by atoms with van der Waals surface area (Å²) in [4.78, 5) is 12.8. The van der Waals surface area contributed by atoms with Gasteiger partial charge in [0.1, 0.15) is 12.1 Å². The zero-order valence-corrected chi connectivity index (χ0v) is 14.0. The number of hydrogen-bond donors (Lipinski definition) is 1. The van der Waals surface area contributed by atoms with Crippen LogP contribution in [0.5, 0.6) is 0 Å². The predicted molar refractivity (Wildman–Crippen MR) is 91.5 cm³/mol. The molecule has 6 nitrogen and oxygen atoms in total. The summed E-state index contributed by atoms with van der Waals surface area (Å²) in [6.07, 6.45) is 7.07. The molecular weight excluding hydrogens is 288 g/mol. The Morgan fingerprint density at radius 1 is 1.17 bits per heavy atom. The molecule has 0 amide bonds. The van der Waals surface area contributed by atoms with E-state index in [0.29, 0.717) is 5.92 Å². The Hall–Kier alpha value is -2.50. The van der Waals surface area contributed by atoms with Crippen molar-refractivity contribution < 1.29 is 0 Å². The lowest BCUT2D eigenvalue weighted by atomic mass is 10.0. The number of rotatable bonds is 4. The third kappa shape index (κ3) is 3.16. The smallest absolute Gasteiger partial charge is 0.163 e. The third-order valence-electron chi connectivity index (χ3n) is 3.85. The van der Waals surface area contributed by atoms with E-state index in [2.05, 4.69) is 53.1 Å². The van der Waals surface area contributed by atoms with Crippen molar-refractivity contribution in [1.29, 1.82) is 0 Å². The normalized spacial score (nSPS) is 13.2. The Morgan fingerprint density at radius 2 is 1.91 bits per heavy atom. The van der Waals surface area contributed by atoms with Crippen molar-refractivity contribution >= 4 is 16.9 Å². The largest absolute Gasteiger partial charge is 0.369 e. The van der Waals surface area contributed by atoms with E-state index in [0.717, 1.165) is 23.4 Å². The van der Waals surface area contributed by atoms with Gasteiger partial charge in [0.15, 0.2) is 5.65 Å². The number of aromatic nitrogens is 5. The number of hydrogen-bond acceptors (Lipinski definition) is 5. The topological polar surface area (TPSA) is 68.5 Å². The summed E-state index contributed by atoms with van der Waals surface area (Å²) in [5, 5.41) is 8.85. The Morgan fingerprint density at radius 3 is 2.61 bits per heavy atom. The first-order valence-corrected chi connectivity index (χ1v) is 7.80. The summed E-state index contributed by atoms with van der Waals surface area (Å²) in [5.41, 5.74) is 1.99. The maximum atomic E-state index is 4.48. The first-order valence-electron chi connectivity index (χ1n) is 7.80. The first kappa shape index (κ1) is 15.4. The van der Waals surface area contributed by atoms with E-state index in [1.165, 1.54) is 5.56 Å². The van der Waals surface area contributed by atoms with Crippen LogP contribution in [0.4, 0.5) is 5.82 Å². The summed E-state index contributed by atoms with van der Waals surface area (Å²) in [6, 6.07) is 4.08. The van der Waals surface area contributed by atoms with Crippen LogP contribution in [0, 0.1) is 0 Å². The van der Waals surface area contributed by atoms with Gasteiger partial charge in [-0.05, 0) is 44.4 Å². The quantitative estimate of drug-likeness (QED) is 0.801. The van der Waals surface area contributed by atoms with Crippen molar-refractivity contribution in [3.8, 4) is 0 Å². The monoisotopic (exact) mass is 310 g/mol. The maximum Gasteiger partial charge on any atom is 0.163 e. The van der Waals surface area contributed by atoms with Gasteiger partial charge in [-0.25, -0.2) is 14.6 Å². The van der Waals surface area contributed by atoms with Crippen molar-refractivity contribution in [2.75, 3.05) is 11.9 Å². The zero-order valence-electron chi connectivity index (χ0n) is 14.0. The minimum atomic E-state index is -0.113. The second kappa shape index (κ2) is 5.95. The highest BCUT2D eigenvalue weighted by Gasteiger charge is 2.19. The zero-order chi connectivity index (χ0) is 16.4. The van der Waals surface area contributed by atoms with Gasteiger partial charge >= 0.3 is 0 Å². The molecule has 0 saturated carbocycles. The second-order valence-electron chi connectivity index (χ2n) is 6.75. The van der Waals surface area contributed by atoms with Crippen molar-refractivity contribution in [2.45, 2.75) is 39.2 Å². The van der Waals surface area contributed by atoms with Gasteiger partial charge in [0, 0.05) is 18.9 Å². The fraction of sp³-hybridized carbons (Fsp3) is 0.412. The van der Waals surface area contributed by atoms with Crippen molar-refractivity contribution in [1.82, 2.24) is 24.7 Å². The molecule has 0 aliphatic carbocycles. The SMILES string of the molecule is CC(CNc1ncnc2c1cnn2C(C)(C)C)c1ccncc1. The molecule has 0 fully saturated rings. The summed E-state index contributed by atoms with van der Waals surface area (Å²) in [6.45, 7) is 9.30. The van der Waals surface area contributed by atoms with Gasteiger partial charge in [-0.15, -0.1) is 0 Å². The van der Waals surface area contributed by atoms with Crippen molar-refractivity contribution in [2.24, 2.45) is 0 Å². The van der Waals surface area contributed by atoms with Crippen LogP contribution in [0.2, 0.25) is 0 Å². The molecule has 3 heterocycles. The fourth-order valence-electron chi connectivity index (χ4n) is 2.54. The Labute approximate surface area is 136 Å². The molecule has 23 heavy (non-hydrogen) atoms. The lowest BCUT2D eigenvalue weighted by Gasteiger charge is -2.19. The predicted octanol–water partition coefficient (Wildman–Crippen LogP) is 3.19. The van der Waals surface area contributed by atoms with E-state index in [-0.39, 0.29) is 5.54 Å². The van der Waals surface area contributed by atoms with Gasteiger partial charge < -0.3 is 5.32 Å². The molecule has 120 valence electrons. The highest BCUT2D eigenvalue weighted by molar-refractivity contribution is 5.86. The Kier molecular flexibility index (Phi) is 3.98. The van der Waals surface area contributed by atoms with Gasteiger partial charge in [0.05, 0.1) is 17.1 Å². The number of nitrogens with one attached hydrogen (secondary N) is 1. The van der Waals surface area contributed by atoms with Crippen LogP contribution in [0.3, 0.4) is 0 Å². The molecule has 0 saturated heterocycles. The molecule has 0 radical (unpaired) electrons. The summed E-state index contributed by atoms with van der Waals surface area (Å²) in [5.74, 6) is 1.19. The first-order chi connectivity index (χ1) is 11.0. The molecule has 6 heteroatoms. The molecule has 0 aromatic carbocycles. The van der Waals surface area contributed by atoms with Crippen LogP contribution in [0.25, 0.3) is 11.0 Å².